The molecular weight excluding hydrogens is 651 g/mol. The van der Waals surface area contributed by atoms with Gasteiger partial charge in [0.2, 0.25) is 0 Å². The minimum atomic E-state index is -0.338. The van der Waals surface area contributed by atoms with E-state index in [1.165, 1.54) is 105 Å². The second-order valence-corrected chi connectivity index (χ2v) is 14.8. The zero-order valence-corrected chi connectivity index (χ0v) is 29.5. The molecule has 0 unspecified atom stereocenters. The molecule has 0 aliphatic heterocycles. The number of aromatic nitrogens is 1. The van der Waals surface area contributed by atoms with E-state index in [2.05, 4.69) is 205 Å². The lowest BCUT2D eigenvalue weighted by Gasteiger charge is -2.30. The van der Waals surface area contributed by atoms with Crippen LogP contribution in [-0.2, 0) is 5.41 Å². The van der Waals surface area contributed by atoms with Crippen molar-refractivity contribution in [2.75, 3.05) is 0 Å². The summed E-state index contributed by atoms with van der Waals surface area (Å²) in [7, 11) is 0. The zero-order valence-electron chi connectivity index (χ0n) is 29.5. The summed E-state index contributed by atoms with van der Waals surface area (Å²) in [6.45, 7) is 0. The number of benzene rings is 9. The van der Waals surface area contributed by atoms with Gasteiger partial charge in [-0.05, 0) is 126 Å². The Morgan fingerprint density at radius 2 is 0.759 bits per heavy atom. The molecule has 0 radical (unpaired) electrons. The van der Waals surface area contributed by atoms with Crippen LogP contribution < -0.4 is 0 Å². The van der Waals surface area contributed by atoms with Crippen LogP contribution in [0, 0.1) is 0 Å². The van der Waals surface area contributed by atoms with E-state index in [-0.39, 0.29) is 5.41 Å². The van der Waals surface area contributed by atoms with Crippen molar-refractivity contribution >= 4 is 32.6 Å². The van der Waals surface area contributed by atoms with Gasteiger partial charge in [-0.2, -0.15) is 0 Å². The third-order valence-electron chi connectivity index (χ3n) is 12.2. The Balaban J connectivity index is 0.970. The van der Waals surface area contributed by atoms with E-state index >= 15 is 0 Å². The minimum Gasteiger partial charge on any atom is -0.309 e. The van der Waals surface area contributed by atoms with Gasteiger partial charge in [0, 0.05) is 16.5 Å². The van der Waals surface area contributed by atoms with Gasteiger partial charge in [-0.25, -0.2) is 0 Å². The summed E-state index contributed by atoms with van der Waals surface area (Å²) in [5, 5.41) is 5.03. The van der Waals surface area contributed by atoms with Crippen molar-refractivity contribution in [1.82, 2.24) is 4.57 Å². The Labute approximate surface area is 314 Å². The van der Waals surface area contributed by atoms with Gasteiger partial charge in [0.15, 0.2) is 0 Å². The normalized spacial score (nSPS) is 13.3. The Morgan fingerprint density at radius 3 is 1.41 bits per heavy atom. The Morgan fingerprint density at radius 1 is 0.296 bits per heavy atom. The van der Waals surface area contributed by atoms with Crippen molar-refractivity contribution in [3.8, 4) is 50.2 Å². The largest absolute Gasteiger partial charge is 0.309 e. The van der Waals surface area contributed by atoms with E-state index in [1.54, 1.807) is 0 Å². The number of para-hydroxylation sites is 2. The molecule has 54 heavy (non-hydrogen) atoms. The lowest BCUT2D eigenvalue weighted by molar-refractivity contribution is 0.794. The van der Waals surface area contributed by atoms with Crippen molar-refractivity contribution in [3.05, 3.63) is 222 Å². The van der Waals surface area contributed by atoms with Gasteiger partial charge in [0.1, 0.15) is 0 Å². The molecule has 2 aliphatic carbocycles. The lowest BCUT2D eigenvalue weighted by atomic mass is 9.70. The van der Waals surface area contributed by atoms with Gasteiger partial charge < -0.3 is 4.57 Å². The molecule has 0 saturated carbocycles. The summed E-state index contributed by atoms with van der Waals surface area (Å²) in [6, 6.07) is 74.4. The fourth-order valence-electron chi connectivity index (χ4n) is 9.89. The summed E-state index contributed by atoms with van der Waals surface area (Å²) in [5.74, 6) is 0. The summed E-state index contributed by atoms with van der Waals surface area (Å²) in [6.07, 6.45) is 0. The Hall–Kier alpha value is -6.96. The van der Waals surface area contributed by atoms with Crippen molar-refractivity contribution in [1.29, 1.82) is 0 Å². The predicted molar refractivity (Wildman–Crippen MR) is 225 cm³/mol. The second-order valence-electron chi connectivity index (χ2n) is 14.8. The molecule has 0 fully saturated rings. The van der Waals surface area contributed by atoms with E-state index in [4.69, 9.17) is 0 Å². The van der Waals surface area contributed by atoms with E-state index in [9.17, 15) is 0 Å². The number of fused-ring (bicyclic) bond motifs is 14. The Kier molecular flexibility index (Phi) is 6.04. The van der Waals surface area contributed by atoms with Crippen LogP contribution in [0.3, 0.4) is 0 Å². The molecular formula is C53H33N. The molecule has 250 valence electrons. The lowest BCUT2D eigenvalue weighted by Crippen LogP contribution is -2.25. The van der Waals surface area contributed by atoms with E-state index < -0.39 is 0 Å². The van der Waals surface area contributed by atoms with Crippen molar-refractivity contribution in [2.24, 2.45) is 0 Å². The quantitative estimate of drug-likeness (QED) is 0.175. The SMILES string of the molecule is c1ccc(-n2c3ccccc3c3cc(-c4ccc5cc(-c6ccc7c(c6)C6(c8ccccc8-c8ccccc86)c6ccccc6-7)ccc5c4)ccc32)cc1. The first-order valence-electron chi connectivity index (χ1n) is 18.8. The molecule has 1 nitrogen and oxygen atoms in total. The first-order chi connectivity index (χ1) is 26.8. The highest BCUT2D eigenvalue weighted by molar-refractivity contribution is 6.10. The van der Waals surface area contributed by atoms with Crippen LogP contribution in [0.5, 0.6) is 0 Å². The summed E-state index contributed by atoms with van der Waals surface area (Å²) < 4.78 is 2.38. The fourth-order valence-corrected chi connectivity index (χ4v) is 9.89. The van der Waals surface area contributed by atoms with Crippen LogP contribution in [0.15, 0.2) is 200 Å². The van der Waals surface area contributed by atoms with E-state index in [0.29, 0.717) is 0 Å². The van der Waals surface area contributed by atoms with E-state index in [1.807, 2.05) is 0 Å². The maximum absolute atomic E-state index is 2.48. The zero-order chi connectivity index (χ0) is 35.4. The molecule has 0 atom stereocenters. The molecule has 0 amide bonds. The van der Waals surface area contributed by atoms with Gasteiger partial charge in [-0.1, -0.05) is 152 Å². The van der Waals surface area contributed by atoms with Gasteiger partial charge in [0.05, 0.1) is 16.4 Å². The highest BCUT2D eigenvalue weighted by Crippen LogP contribution is 2.63. The number of nitrogens with zero attached hydrogens (tertiary/aromatic N) is 1. The average molecular weight is 684 g/mol. The van der Waals surface area contributed by atoms with E-state index in [0.717, 1.165) is 0 Å². The summed E-state index contributed by atoms with van der Waals surface area (Å²) in [5.41, 5.74) is 19.1. The molecule has 0 N–H and O–H groups in total. The topological polar surface area (TPSA) is 4.93 Å². The third-order valence-corrected chi connectivity index (χ3v) is 12.2. The number of hydrogen-bond acceptors (Lipinski definition) is 0. The highest BCUT2D eigenvalue weighted by atomic mass is 15.0. The molecule has 1 spiro atoms. The van der Waals surface area contributed by atoms with Crippen molar-refractivity contribution in [2.45, 2.75) is 5.41 Å². The van der Waals surface area contributed by atoms with Crippen LogP contribution in [0.25, 0.3) is 82.8 Å². The van der Waals surface area contributed by atoms with Gasteiger partial charge in [-0.3, -0.25) is 0 Å². The molecule has 1 heteroatoms. The van der Waals surface area contributed by atoms with Gasteiger partial charge in [0.25, 0.3) is 0 Å². The molecule has 2 aliphatic rings. The van der Waals surface area contributed by atoms with Gasteiger partial charge >= 0.3 is 0 Å². The maximum atomic E-state index is 2.48. The maximum Gasteiger partial charge on any atom is 0.0725 e. The monoisotopic (exact) mass is 683 g/mol. The average Bonchev–Trinajstić information content (AvgIpc) is 3.85. The number of hydrogen-bond donors (Lipinski definition) is 0. The third kappa shape index (κ3) is 3.93. The second kappa shape index (κ2) is 11.0. The minimum absolute atomic E-state index is 0.338. The van der Waals surface area contributed by atoms with Crippen LogP contribution in [-0.4, -0.2) is 4.57 Å². The van der Waals surface area contributed by atoms with Crippen LogP contribution in [0.4, 0.5) is 0 Å². The van der Waals surface area contributed by atoms with Crippen LogP contribution >= 0.6 is 0 Å². The number of rotatable bonds is 3. The first-order valence-corrected chi connectivity index (χ1v) is 18.8. The van der Waals surface area contributed by atoms with Crippen LogP contribution in [0.2, 0.25) is 0 Å². The first kappa shape index (κ1) is 29.6. The molecule has 10 aromatic rings. The molecule has 1 heterocycles. The molecule has 0 saturated heterocycles. The molecule has 9 aromatic carbocycles. The molecule has 0 bridgehead atoms. The summed E-state index contributed by atoms with van der Waals surface area (Å²) in [4.78, 5) is 0. The fraction of sp³-hybridized carbons (Fsp3) is 0.0189. The molecule has 12 rings (SSSR count). The standard InChI is InChI=1S/C53H33N/c1-2-12-40(13-3-1)54-51-21-11-7-17-45(51)46-32-38(27-29-52(46)54)36-24-22-35-31-37(25-23-34(35)30-36)39-26-28-44-43-16-6-10-20-49(43)53(50(44)33-39)47-18-8-4-14-41(47)42-15-5-9-19-48(42)53/h1-33H. The van der Waals surface area contributed by atoms with Crippen molar-refractivity contribution in [3.63, 3.8) is 0 Å². The van der Waals surface area contributed by atoms with Crippen LogP contribution in [0.1, 0.15) is 22.3 Å². The molecule has 1 aromatic heterocycles. The Bertz CT molecular complexity index is 3100. The predicted octanol–water partition coefficient (Wildman–Crippen LogP) is 13.6. The van der Waals surface area contributed by atoms with Gasteiger partial charge in [-0.15, -0.1) is 0 Å². The van der Waals surface area contributed by atoms with Crippen molar-refractivity contribution < 1.29 is 0 Å². The smallest absolute Gasteiger partial charge is 0.0725 e. The summed E-state index contributed by atoms with van der Waals surface area (Å²) >= 11 is 0. The highest BCUT2D eigenvalue weighted by Gasteiger charge is 2.51.